The van der Waals surface area contributed by atoms with Gasteiger partial charge >= 0.3 is 0 Å². The van der Waals surface area contributed by atoms with Crippen LogP contribution in [0.15, 0.2) is 18.3 Å². The molecule has 18 heavy (non-hydrogen) atoms. The predicted octanol–water partition coefficient (Wildman–Crippen LogP) is 2.81. The van der Waals surface area contributed by atoms with Crippen molar-refractivity contribution in [1.29, 1.82) is 0 Å². The van der Waals surface area contributed by atoms with E-state index in [0.29, 0.717) is 0 Å². The SMILES string of the molecule is CCCNCc1cccnc1CN(CC)CCC. The molecule has 1 aromatic rings. The molecule has 0 aromatic carbocycles. The normalized spacial score (nSPS) is 11.1. The van der Waals surface area contributed by atoms with Gasteiger partial charge in [0.05, 0.1) is 5.69 Å². The molecule has 0 spiro atoms. The Morgan fingerprint density at radius 2 is 2.06 bits per heavy atom. The Kier molecular flexibility index (Phi) is 7.62. The molecular weight excluding hydrogens is 222 g/mol. The van der Waals surface area contributed by atoms with Gasteiger partial charge in [-0.15, -0.1) is 0 Å². The van der Waals surface area contributed by atoms with E-state index in [0.717, 1.165) is 32.7 Å². The van der Waals surface area contributed by atoms with Crippen LogP contribution in [0.1, 0.15) is 44.9 Å². The first-order chi connectivity index (χ1) is 8.81. The van der Waals surface area contributed by atoms with Crippen molar-refractivity contribution in [2.24, 2.45) is 0 Å². The van der Waals surface area contributed by atoms with Crippen molar-refractivity contribution >= 4 is 0 Å². The molecule has 0 saturated heterocycles. The third-order valence-electron chi connectivity index (χ3n) is 3.09. The van der Waals surface area contributed by atoms with Gasteiger partial charge in [-0.3, -0.25) is 9.88 Å². The van der Waals surface area contributed by atoms with Gasteiger partial charge in [0.1, 0.15) is 0 Å². The Morgan fingerprint density at radius 1 is 1.22 bits per heavy atom. The molecule has 1 N–H and O–H groups in total. The molecule has 0 aliphatic rings. The molecule has 102 valence electrons. The van der Waals surface area contributed by atoms with Gasteiger partial charge in [0, 0.05) is 19.3 Å². The Labute approximate surface area is 112 Å². The molecule has 0 radical (unpaired) electrons. The van der Waals surface area contributed by atoms with Gasteiger partial charge in [-0.1, -0.05) is 26.8 Å². The first kappa shape index (κ1) is 15.1. The molecule has 1 aromatic heterocycles. The van der Waals surface area contributed by atoms with E-state index in [1.807, 2.05) is 12.3 Å². The van der Waals surface area contributed by atoms with Crippen LogP contribution in [-0.4, -0.2) is 29.5 Å². The monoisotopic (exact) mass is 249 g/mol. The smallest absolute Gasteiger partial charge is 0.0588 e. The molecule has 0 fully saturated rings. The minimum Gasteiger partial charge on any atom is -0.313 e. The Morgan fingerprint density at radius 3 is 2.72 bits per heavy atom. The minimum absolute atomic E-state index is 0.931. The van der Waals surface area contributed by atoms with E-state index in [1.54, 1.807) is 0 Å². The Balaban J connectivity index is 2.62. The van der Waals surface area contributed by atoms with Crippen LogP contribution in [0, 0.1) is 0 Å². The lowest BCUT2D eigenvalue weighted by Crippen LogP contribution is -2.25. The summed E-state index contributed by atoms with van der Waals surface area (Å²) in [6, 6.07) is 4.22. The Bertz CT molecular complexity index is 325. The zero-order valence-corrected chi connectivity index (χ0v) is 12.1. The van der Waals surface area contributed by atoms with E-state index in [9.17, 15) is 0 Å². The van der Waals surface area contributed by atoms with Crippen molar-refractivity contribution in [2.45, 2.75) is 46.7 Å². The second-order valence-electron chi connectivity index (χ2n) is 4.65. The highest BCUT2D eigenvalue weighted by atomic mass is 15.1. The lowest BCUT2D eigenvalue weighted by molar-refractivity contribution is 0.276. The molecule has 1 rings (SSSR count). The van der Waals surface area contributed by atoms with Crippen LogP contribution in [-0.2, 0) is 13.1 Å². The van der Waals surface area contributed by atoms with Gasteiger partial charge < -0.3 is 5.32 Å². The maximum absolute atomic E-state index is 4.55. The fraction of sp³-hybridized carbons (Fsp3) is 0.667. The fourth-order valence-corrected chi connectivity index (χ4v) is 2.05. The van der Waals surface area contributed by atoms with Gasteiger partial charge in [-0.25, -0.2) is 0 Å². The van der Waals surface area contributed by atoms with Crippen LogP contribution >= 0.6 is 0 Å². The molecule has 3 nitrogen and oxygen atoms in total. The first-order valence-corrected chi connectivity index (χ1v) is 7.17. The second-order valence-corrected chi connectivity index (χ2v) is 4.65. The third-order valence-corrected chi connectivity index (χ3v) is 3.09. The lowest BCUT2D eigenvalue weighted by atomic mass is 10.1. The largest absolute Gasteiger partial charge is 0.313 e. The van der Waals surface area contributed by atoms with Crippen LogP contribution in [0.25, 0.3) is 0 Å². The average Bonchev–Trinajstić information content (AvgIpc) is 2.40. The highest BCUT2D eigenvalue weighted by molar-refractivity contribution is 5.19. The highest BCUT2D eigenvalue weighted by Gasteiger charge is 2.07. The van der Waals surface area contributed by atoms with Crippen LogP contribution in [0.2, 0.25) is 0 Å². The van der Waals surface area contributed by atoms with Gasteiger partial charge in [0.25, 0.3) is 0 Å². The van der Waals surface area contributed by atoms with Crippen LogP contribution in [0.3, 0.4) is 0 Å². The summed E-state index contributed by atoms with van der Waals surface area (Å²) in [5.74, 6) is 0. The van der Waals surface area contributed by atoms with E-state index >= 15 is 0 Å². The number of hydrogen-bond donors (Lipinski definition) is 1. The van der Waals surface area contributed by atoms with Gasteiger partial charge in [0.2, 0.25) is 0 Å². The average molecular weight is 249 g/mol. The fourth-order valence-electron chi connectivity index (χ4n) is 2.05. The zero-order chi connectivity index (χ0) is 13.2. The molecule has 0 aliphatic heterocycles. The summed E-state index contributed by atoms with van der Waals surface area (Å²) < 4.78 is 0. The molecule has 0 atom stereocenters. The summed E-state index contributed by atoms with van der Waals surface area (Å²) in [6.45, 7) is 11.8. The van der Waals surface area contributed by atoms with Crippen LogP contribution < -0.4 is 5.32 Å². The summed E-state index contributed by atoms with van der Waals surface area (Å²) in [6.07, 6.45) is 4.27. The molecule has 0 amide bonds. The van der Waals surface area contributed by atoms with Crippen LogP contribution in [0.4, 0.5) is 0 Å². The summed E-state index contributed by atoms with van der Waals surface area (Å²) >= 11 is 0. The van der Waals surface area contributed by atoms with Crippen molar-refractivity contribution in [2.75, 3.05) is 19.6 Å². The molecule has 0 unspecified atom stereocenters. The van der Waals surface area contributed by atoms with E-state index < -0.39 is 0 Å². The van der Waals surface area contributed by atoms with E-state index in [4.69, 9.17) is 0 Å². The number of hydrogen-bond acceptors (Lipinski definition) is 3. The summed E-state index contributed by atoms with van der Waals surface area (Å²) in [4.78, 5) is 7.00. The van der Waals surface area contributed by atoms with Crippen molar-refractivity contribution in [3.63, 3.8) is 0 Å². The molecule has 1 heterocycles. The van der Waals surface area contributed by atoms with Crippen molar-refractivity contribution < 1.29 is 0 Å². The van der Waals surface area contributed by atoms with Crippen LogP contribution in [0.5, 0.6) is 0 Å². The first-order valence-electron chi connectivity index (χ1n) is 7.17. The van der Waals surface area contributed by atoms with Crippen molar-refractivity contribution in [3.8, 4) is 0 Å². The predicted molar refractivity (Wildman–Crippen MR) is 77.5 cm³/mol. The second kappa shape index (κ2) is 9.06. The summed E-state index contributed by atoms with van der Waals surface area (Å²) in [5, 5.41) is 3.46. The maximum Gasteiger partial charge on any atom is 0.0588 e. The zero-order valence-electron chi connectivity index (χ0n) is 12.1. The van der Waals surface area contributed by atoms with E-state index in [-0.39, 0.29) is 0 Å². The molecule has 0 aliphatic carbocycles. The summed E-state index contributed by atoms with van der Waals surface area (Å²) in [5.41, 5.74) is 2.55. The van der Waals surface area contributed by atoms with Gasteiger partial charge in [0.15, 0.2) is 0 Å². The number of nitrogens with one attached hydrogen (secondary N) is 1. The summed E-state index contributed by atoms with van der Waals surface area (Å²) in [7, 11) is 0. The van der Waals surface area contributed by atoms with E-state index in [2.05, 4.69) is 42.0 Å². The molecule has 0 saturated carbocycles. The number of pyridine rings is 1. The third kappa shape index (κ3) is 5.15. The number of aromatic nitrogens is 1. The minimum atomic E-state index is 0.931. The number of nitrogens with zero attached hydrogens (tertiary/aromatic N) is 2. The van der Waals surface area contributed by atoms with Gasteiger partial charge in [-0.05, 0) is 44.1 Å². The highest BCUT2D eigenvalue weighted by Crippen LogP contribution is 2.09. The van der Waals surface area contributed by atoms with Crippen molar-refractivity contribution in [1.82, 2.24) is 15.2 Å². The maximum atomic E-state index is 4.55. The quantitative estimate of drug-likeness (QED) is 0.682. The molecule has 3 heteroatoms. The van der Waals surface area contributed by atoms with E-state index in [1.165, 1.54) is 24.1 Å². The molecule has 0 bridgehead atoms. The lowest BCUT2D eigenvalue weighted by Gasteiger charge is -2.20. The van der Waals surface area contributed by atoms with Crippen molar-refractivity contribution in [3.05, 3.63) is 29.6 Å². The standard InChI is InChI=1S/C15H27N3/c1-4-9-16-12-14-8-7-10-17-15(14)13-18(6-3)11-5-2/h7-8,10,16H,4-6,9,11-13H2,1-3H3. The number of rotatable bonds is 9. The molecular formula is C15H27N3. The Hall–Kier alpha value is -0.930. The topological polar surface area (TPSA) is 28.2 Å². The van der Waals surface area contributed by atoms with Gasteiger partial charge in [-0.2, -0.15) is 0 Å².